The molecule has 0 amide bonds. The van der Waals surface area contributed by atoms with Gasteiger partial charge in [-0.3, -0.25) is 4.79 Å². The van der Waals surface area contributed by atoms with E-state index in [1.165, 1.54) is 6.07 Å². The number of pyridine rings is 1. The van der Waals surface area contributed by atoms with E-state index in [0.29, 0.717) is 44.7 Å². The molecule has 2 heterocycles. The maximum atomic E-state index is 12.6. The zero-order valence-corrected chi connectivity index (χ0v) is 13.5. The fourth-order valence-electron chi connectivity index (χ4n) is 3.11. The van der Waals surface area contributed by atoms with Crippen LogP contribution in [0.5, 0.6) is 0 Å². The summed E-state index contributed by atoms with van der Waals surface area (Å²) in [5, 5.41) is 9.67. The number of aromatic nitrogens is 1. The molecule has 1 N–H and O–H groups in total. The van der Waals surface area contributed by atoms with Gasteiger partial charge >= 0.3 is 12.1 Å². The largest absolute Gasteiger partial charge is 0.481 e. The van der Waals surface area contributed by atoms with E-state index in [1.54, 1.807) is 12.0 Å². The summed E-state index contributed by atoms with van der Waals surface area (Å²) in [7, 11) is 1.56. The third-order valence-corrected chi connectivity index (χ3v) is 4.43. The molecule has 8 heteroatoms. The number of hydrogen-bond acceptors (Lipinski definition) is 4. The first kappa shape index (κ1) is 18.5. The smallest absolute Gasteiger partial charge is 0.417 e. The number of carbonyl (C=O) groups is 1. The van der Waals surface area contributed by atoms with Gasteiger partial charge in [0, 0.05) is 33.0 Å². The molecule has 0 saturated carbocycles. The van der Waals surface area contributed by atoms with Gasteiger partial charge in [-0.15, -0.1) is 0 Å². The third-order valence-electron chi connectivity index (χ3n) is 4.43. The Morgan fingerprint density at radius 3 is 2.75 bits per heavy atom. The fraction of sp³-hybridized carbons (Fsp3) is 0.625. The second-order valence-electron chi connectivity index (χ2n) is 6.11. The van der Waals surface area contributed by atoms with Gasteiger partial charge in [-0.25, -0.2) is 4.98 Å². The molecule has 1 aliphatic rings. The lowest BCUT2D eigenvalue weighted by molar-refractivity contribution is -0.150. The van der Waals surface area contributed by atoms with Crippen LogP contribution in [-0.2, 0) is 15.7 Å². The van der Waals surface area contributed by atoms with Gasteiger partial charge in [-0.2, -0.15) is 13.2 Å². The maximum absolute atomic E-state index is 12.6. The van der Waals surface area contributed by atoms with Crippen molar-refractivity contribution in [3.63, 3.8) is 0 Å². The van der Waals surface area contributed by atoms with Crippen LogP contribution in [0.2, 0.25) is 0 Å². The molecule has 0 spiro atoms. The number of aliphatic carboxylic acids is 1. The van der Waals surface area contributed by atoms with Crippen LogP contribution in [-0.4, -0.2) is 42.9 Å². The molecule has 134 valence electrons. The quantitative estimate of drug-likeness (QED) is 0.802. The molecule has 5 nitrogen and oxygen atoms in total. The zero-order valence-electron chi connectivity index (χ0n) is 13.5. The zero-order chi connectivity index (χ0) is 17.8. The fourth-order valence-corrected chi connectivity index (χ4v) is 3.11. The van der Waals surface area contributed by atoms with Gasteiger partial charge in [0.05, 0.1) is 11.0 Å². The molecule has 1 aromatic rings. The van der Waals surface area contributed by atoms with E-state index < -0.39 is 23.1 Å². The normalized spacial score (nSPS) is 21.8. The Bertz CT molecular complexity index is 563. The molecule has 0 bridgehead atoms. The molecule has 1 aromatic heterocycles. The lowest BCUT2D eigenvalue weighted by Gasteiger charge is -2.40. The van der Waals surface area contributed by atoms with Crippen LogP contribution in [0.3, 0.4) is 0 Å². The Kier molecular flexibility index (Phi) is 5.69. The van der Waals surface area contributed by atoms with Gasteiger partial charge in [-0.1, -0.05) is 0 Å². The monoisotopic (exact) mass is 346 g/mol. The Morgan fingerprint density at radius 2 is 2.21 bits per heavy atom. The summed E-state index contributed by atoms with van der Waals surface area (Å²) in [6.45, 7) is 1.30. The molecular weight excluding hydrogens is 325 g/mol. The molecule has 1 saturated heterocycles. The van der Waals surface area contributed by atoms with Crippen molar-refractivity contribution < 1.29 is 27.8 Å². The van der Waals surface area contributed by atoms with E-state index in [4.69, 9.17) is 4.74 Å². The SMILES string of the molecule is COCCCC1(C(=O)O)CCCN(c2ccc(C(F)(F)F)cn2)C1. The van der Waals surface area contributed by atoms with Crippen LogP contribution in [0.25, 0.3) is 0 Å². The molecule has 1 unspecified atom stereocenters. The van der Waals surface area contributed by atoms with Crippen molar-refractivity contribution in [2.45, 2.75) is 31.9 Å². The van der Waals surface area contributed by atoms with Crippen molar-refractivity contribution in [3.8, 4) is 0 Å². The highest BCUT2D eigenvalue weighted by Crippen LogP contribution is 2.37. The molecule has 0 aromatic carbocycles. The van der Waals surface area contributed by atoms with Crippen molar-refractivity contribution in [2.24, 2.45) is 5.41 Å². The number of nitrogens with zero attached hydrogens (tertiary/aromatic N) is 2. The molecule has 1 atom stereocenters. The Balaban J connectivity index is 2.14. The van der Waals surface area contributed by atoms with Crippen molar-refractivity contribution in [3.05, 3.63) is 23.9 Å². The van der Waals surface area contributed by atoms with Crippen molar-refractivity contribution in [2.75, 3.05) is 31.7 Å². The summed E-state index contributed by atoms with van der Waals surface area (Å²) in [5.74, 6) is -0.504. The van der Waals surface area contributed by atoms with Gasteiger partial charge < -0.3 is 14.7 Å². The van der Waals surface area contributed by atoms with Crippen LogP contribution in [0.4, 0.5) is 19.0 Å². The van der Waals surface area contributed by atoms with E-state index in [1.807, 2.05) is 0 Å². The van der Waals surface area contributed by atoms with Gasteiger partial charge in [0.25, 0.3) is 0 Å². The average Bonchev–Trinajstić information content (AvgIpc) is 2.54. The Labute approximate surface area is 138 Å². The van der Waals surface area contributed by atoms with E-state index in [9.17, 15) is 23.1 Å². The minimum Gasteiger partial charge on any atom is -0.481 e. The Hall–Kier alpha value is -1.83. The minimum atomic E-state index is -4.43. The molecule has 1 aliphatic heterocycles. The number of piperidine rings is 1. The van der Waals surface area contributed by atoms with Gasteiger partial charge in [-0.05, 0) is 37.8 Å². The van der Waals surface area contributed by atoms with E-state index in [2.05, 4.69) is 4.98 Å². The summed E-state index contributed by atoms with van der Waals surface area (Å²) >= 11 is 0. The first-order valence-electron chi connectivity index (χ1n) is 7.79. The Morgan fingerprint density at radius 1 is 1.46 bits per heavy atom. The van der Waals surface area contributed by atoms with Crippen molar-refractivity contribution in [1.29, 1.82) is 0 Å². The van der Waals surface area contributed by atoms with Crippen LogP contribution < -0.4 is 4.90 Å². The number of alkyl halides is 3. The van der Waals surface area contributed by atoms with Crippen molar-refractivity contribution in [1.82, 2.24) is 4.98 Å². The molecule has 24 heavy (non-hydrogen) atoms. The van der Waals surface area contributed by atoms with Gasteiger partial charge in [0.2, 0.25) is 0 Å². The number of rotatable bonds is 6. The number of ether oxygens (including phenoxy) is 1. The number of halogens is 3. The minimum absolute atomic E-state index is 0.240. The van der Waals surface area contributed by atoms with Crippen LogP contribution in [0, 0.1) is 5.41 Å². The van der Waals surface area contributed by atoms with Crippen LogP contribution in [0.1, 0.15) is 31.2 Å². The first-order chi connectivity index (χ1) is 11.3. The van der Waals surface area contributed by atoms with Gasteiger partial charge in [0.15, 0.2) is 0 Å². The maximum Gasteiger partial charge on any atom is 0.417 e. The van der Waals surface area contributed by atoms with E-state index in [0.717, 1.165) is 12.3 Å². The predicted octanol–water partition coefficient (Wildman–Crippen LogP) is 3.20. The lowest BCUT2D eigenvalue weighted by atomic mass is 9.76. The average molecular weight is 346 g/mol. The topological polar surface area (TPSA) is 62.7 Å². The highest BCUT2D eigenvalue weighted by Gasteiger charge is 2.42. The van der Waals surface area contributed by atoms with E-state index in [-0.39, 0.29) is 6.54 Å². The second kappa shape index (κ2) is 7.38. The summed E-state index contributed by atoms with van der Waals surface area (Å²) in [6, 6.07) is 2.28. The molecule has 0 radical (unpaired) electrons. The second-order valence-corrected chi connectivity index (χ2v) is 6.11. The van der Waals surface area contributed by atoms with Gasteiger partial charge in [0.1, 0.15) is 5.82 Å². The number of methoxy groups -OCH3 is 1. The summed E-state index contributed by atoms with van der Waals surface area (Å²) in [4.78, 5) is 17.4. The highest BCUT2D eigenvalue weighted by atomic mass is 19.4. The number of carboxylic acids is 1. The van der Waals surface area contributed by atoms with Crippen LogP contribution in [0.15, 0.2) is 18.3 Å². The molecule has 2 rings (SSSR count). The highest BCUT2D eigenvalue weighted by molar-refractivity contribution is 5.76. The lowest BCUT2D eigenvalue weighted by Crippen LogP contribution is -2.48. The molecule has 0 aliphatic carbocycles. The van der Waals surface area contributed by atoms with Crippen LogP contribution >= 0.6 is 0 Å². The predicted molar refractivity (Wildman–Crippen MR) is 81.9 cm³/mol. The van der Waals surface area contributed by atoms with E-state index >= 15 is 0 Å². The number of anilines is 1. The number of carboxylic acid groups (broad SMARTS) is 1. The summed E-state index contributed by atoms with van der Waals surface area (Å²) in [5.41, 5.74) is -1.73. The first-order valence-corrected chi connectivity index (χ1v) is 7.79. The standard InChI is InChI=1S/C16H21F3N2O3/c1-24-9-3-7-15(14(22)23)6-2-8-21(11-15)13-5-4-12(10-20-13)16(17,18)19/h4-5,10H,2-3,6-9,11H2,1H3,(H,22,23). The molecular formula is C16H21F3N2O3. The third kappa shape index (κ3) is 4.17. The summed E-state index contributed by atoms with van der Waals surface area (Å²) in [6.07, 6.45) is -1.36. The molecule has 1 fully saturated rings. The summed E-state index contributed by atoms with van der Waals surface area (Å²) < 4.78 is 42.9. The van der Waals surface area contributed by atoms with Crippen molar-refractivity contribution >= 4 is 11.8 Å². The number of hydrogen-bond donors (Lipinski definition) is 1.